The summed E-state index contributed by atoms with van der Waals surface area (Å²) in [5, 5.41) is 12.7. The molecular formula is C23H30F4N2O3. The van der Waals surface area contributed by atoms with Crippen LogP contribution in [0.1, 0.15) is 32.3 Å². The van der Waals surface area contributed by atoms with E-state index in [1.54, 1.807) is 57.1 Å². The molecule has 1 aliphatic rings. The highest BCUT2D eigenvalue weighted by atomic mass is 19.4. The number of benzene rings is 1. The number of anilines is 1. The number of carbonyl (C=O) groups is 1. The molecule has 178 valence electrons. The van der Waals surface area contributed by atoms with Gasteiger partial charge < -0.3 is 14.7 Å². The maximum atomic E-state index is 15.3. The van der Waals surface area contributed by atoms with E-state index in [1.165, 1.54) is 0 Å². The summed E-state index contributed by atoms with van der Waals surface area (Å²) in [6, 6.07) is 3.13. The van der Waals surface area contributed by atoms with Gasteiger partial charge in [0.15, 0.2) is 0 Å². The fourth-order valence-corrected chi connectivity index (χ4v) is 3.67. The molecule has 1 aromatic rings. The van der Waals surface area contributed by atoms with Crippen LogP contribution in [0.3, 0.4) is 0 Å². The molecule has 0 bridgehead atoms. The van der Waals surface area contributed by atoms with Crippen LogP contribution in [0.2, 0.25) is 0 Å². The van der Waals surface area contributed by atoms with Crippen molar-refractivity contribution in [1.82, 2.24) is 5.32 Å². The summed E-state index contributed by atoms with van der Waals surface area (Å²) in [4.78, 5) is 13.8. The zero-order valence-electron chi connectivity index (χ0n) is 18.8. The zero-order chi connectivity index (χ0) is 24.3. The number of rotatable bonds is 8. The van der Waals surface area contributed by atoms with Gasteiger partial charge in [-0.15, -0.1) is 0 Å². The standard InChI is InChI=1S/C23H30F4N2O3/c1-14(2)11-19(21(30)32-5)28-20(23(25,26)27)16-9-10-18(22(24,31)13-16)15-7-6-8-17(12-15)29(3)4/h6-10,12,14,19-20,28,31H,11,13H2,1-5H3. The van der Waals surface area contributed by atoms with Crippen LogP contribution in [0.4, 0.5) is 23.2 Å². The first-order chi connectivity index (χ1) is 14.8. The van der Waals surface area contributed by atoms with Crippen molar-refractivity contribution in [3.63, 3.8) is 0 Å². The predicted octanol–water partition coefficient (Wildman–Crippen LogP) is 4.23. The highest BCUT2D eigenvalue weighted by Crippen LogP contribution is 2.41. The van der Waals surface area contributed by atoms with Crippen LogP contribution >= 0.6 is 0 Å². The summed E-state index contributed by atoms with van der Waals surface area (Å²) in [6.07, 6.45) is -3.30. The van der Waals surface area contributed by atoms with Crippen molar-refractivity contribution in [1.29, 1.82) is 0 Å². The van der Waals surface area contributed by atoms with Crippen LogP contribution in [0, 0.1) is 5.92 Å². The number of esters is 1. The smallest absolute Gasteiger partial charge is 0.407 e. The molecular weight excluding hydrogens is 428 g/mol. The molecule has 0 saturated carbocycles. The number of hydrogen-bond donors (Lipinski definition) is 2. The molecule has 0 aromatic heterocycles. The van der Waals surface area contributed by atoms with Crippen molar-refractivity contribution in [2.75, 3.05) is 26.1 Å². The van der Waals surface area contributed by atoms with E-state index in [0.29, 0.717) is 5.56 Å². The van der Waals surface area contributed by atoms with Crippen LogP contribution in [-0.4, -0.2) is 56.4 Å². The van der Waals surface area contributed by atoms with Crippen molar-refractivity contribution in [2.24, 2.45) is 5.92 Å². The first-order valence-corrected chi connectivity index (χ1v) is 10.3. The molecule has 0 radical (unpaired) electrons. The van der Waals surface area contributed by atoms with Gasteiger partial charge in [0.25, 0.3) is 0 Å². The Bertz CT molecular complexity index is 876. The number of halogens is 4. The first kappa shape index (κ1) is 25.9. The van der Waals surface area contributed by atoms with Gasteiger partial charge in [0.2, 0.25) is 5.85 Å². The summed E-state index contributed by atoms with van der Waals surface area (Å²) < 4.78 is 61.6. The number of alkyl halides is 4. The Morgan fingerprint density at radius 2 is 1.94 bits per heavy atom. The Kier molecular flexibility index (Phi) is 8.12. The molecule has 2 rings (SSSR count). The highest BCUT2D eigenvalue weighted by Gasteiger charge is 2.48. The minimum Gasteiger partial charge on any atom is -0.468 e. The Morgan fingerprint density at radius 1 is 1.28 bits per heavy atom. The van der Waals surface area contributed by atoms with E-state index < -0.39 is 42.1 Å². The third kappa shape index (κ3) is 6.32. The molecule has 5 nitrogen and oxygen atoms in total. The molecule has 0 heterocycles. The highest BCUT2D eigenvalue weighted by molar-refractivity contribution is 5.77. The lowest BCUT2D eigenvalue weighted by molar-refractivity contribution is -0.158. The monoisotopic (exact) mass is 458 g/mol. The van der Waals surface area contributed by atoms with Crippen molar-refractivity contribution < 1.29 is 32.2 Å². The van der Waals surface area contributed by atoms with E-state index in [4.69, 9.17) is 0 Å². The SMILES string of the molecule is COC(=O)C(CC(C)C)NC(C1=CC=C(c2cccc(N(C)C)c2)C(O)(F)C1)C(F)(F)F. The van der Waals surface area contributed by atoms with Crippen molar-refractivity contribution in [2.45, 2.75) is 50.8 Å². The minimum atomic E-state index is -4.82. The number of aliphatic hydroxyl groups is 1. The van der Waals surface area contributed by atoms with Crippen LogP contribution in [0.25, 0.3) is 5.57 Å². The van der Waals surface area contributed by atoms with Gasteiger partial charge in [0.05, 0.1) is 7.11 Å². The van der Waals surface area contributed by atoms with Gasteiger partial charge in [-0.1, -0.05) is 38.1 Å². The quantitative estimate of drug-likeness (QED) is 0.451. The largest absolute Gasteiger partial charge is 0.468 e. The fraction of sp³-hybridized carbons (Fsp3) is 0.522. The van der Waals surface area contributed by atoms with E-state index in [9.17, 15) is 23.1 Å². The second-order valence-corrected chi connectivity index (χ2v) is 8.55. The predicted molar refractivity (Wildman–Crippen MR) is 116 cm³/mol. The van der Waals surface area contributed by atoms with Crippen molar-refractivity contribution >= 4 is 17.2 Å². The average molecular weight is 458 g/mol. The summed E-state index contributed by atoms with van der Waals surface area (Å²) in [6.45, 7) is 3.52. The van der Waals surface area contributed by atoms with Gasteiger partial charge in [-0.3, -0.25) is 10.1 Å². The van der Waals surface area contributed by atoms with Gasteiger partial charge in [-0.05, 0) is 35.6 Å². The summed E-state index contributed by atoms with van der Waals surface area (Å²) >= 11 is 0. The number of nitrogens with zero attached hydrogens (tertiary/aromatic N) is 1. The lowest BCUT2D eigenvalue weighted by Crippen LogP contribution is -2.53. The van der Waals surface area contributed by atoms with Gasteiger partial charge in [0.1, 0.15) is 12.1 Å². The third-order valence-electron chi connectivity index (χ3n) is 5.25. The summed E-state index contributed by atoms with van der Waals surface area (Å²) in [5.41, 5.74) is 0.573. The molecule has 0 fully saturated rings. The molecule has 3 unspecified atom stereocenters. The van der Waals surface area contributed by atoms with Crippen molar-refractivity contribution in [3.05, 3.63) is 47.6 Å². The molecule has 3 atom stereocenters. The Balaban J connectivity index is 2.44. The van der Waals surface area contributed by atoms with Crippen LogP contribution < -0.4 is 10.2 Å². The molecule has 2 N–H and O–H groups in total. The van der Waals surface area contributed by atoms with Crippen LogP contribution in [0.15, 0.2) is 42.0 Å². The van der Waals surface area contributed by atoms with Crippen LogP contribution in [0.5, 0.6) is 0 Å². The zero-order valence-corrected chi connectivity index (χ0v) is 18.8. The molecule has 1 aromatic carbocycles. The van der Waals surface area contributed by atoms with Gasteiger partial charge in [-0.2, -0.15) is 13.2 Å². The number of ether oxygens (including phenoxy) is 1. The topological polar surface area (TPSA) is 61.8 Å². The van der Waals surface area contributed by atoms with E-state index in [-0.39, 0.29) is 17.9 Å². The Morgan fingerprint density at radius 3 is 2.44 bits per heavy atom. The van der Waals surface area contributed by atoms with Crippen molar-refractivity contribution in [3.8, 4) is 0 Å². The number of hydrogen-bond acceptors (Lipinski definition) is 5. The second-order valence-electron chi connectivity index (χ2n) is 8.55. The molecule has 0 saturated heterocycles. The number of nitrogens with one attached hydrogen (secondary N) is 1. The second kappa shape index (κ2) is 10.0. The van der Waals surface area contributed by atoms with Gasteiger partial charge in [-0.25, -0.2) is 4.39 Å². The average Bonchev–Trinajstić information content (AvgIpc) is 2.68. The van der Waals surface area contributed by atoms with E-state index in [1.807, 2.05) is 0 Å². The summed E-state index contributed by atoms with van der Waals surface area (Å²) in [7, 11) is 4.68. The van der Waals surface area contributed by atoms with Crippen LogP contribution in [-0.2, 0) is 9.53 Å². The van der Waals surface area contributed by atoms with E-state index in [0.717, 1.165) is 24.9 Å². The van der Waals surface area contributed by atoms with E-state index in [2.05, 4.69) is 10.1 Å². The minimum absolute atomic E-state index is 0.0885. The molecule has 0 spiro atoms. The lowest BCUT2D eigenvalue weighted by Gasteiger charge is -2.34. The van der Waals surface area contributed by atoms with Gasteiger partial charge >= 0.3 is 12.1 Å². The fourth-order valence-electron chi connectivity index (χ4n) is 3.67. The lowest BCUT2D eigenvalue weighted by atomic mass is 9.85. The maximum Gasteiger partial charge on any atom is 0.407 e. The third-order valence-corrected chi connectivity index (χ3v) is 5.25. The molecule has 0 aliphatic heterocycles. The molecule has 32 heavy (non-hydrogen) atoms. The normalized spacial score (nSPS) is 21.0. The molecule has 0 amide bonds. The van der Waals surface area contributed by atoms with Gasteiger partial charge in [0, 0.05) is 31.8 Å². The number of allylic oxidation sites excluding steroid dienone is 2. The number of carbonyl (C=O) groups excluding carboxylic acids is 1. The number of methoxy groups -OCH3 is 1. The maximum absolute atomic E-state index is 15.3. The first-order valence-electron chi connectivity index (χ1n) is 10.3. The molecule has 9 heteroatoms. The Labute approximate surface area is 185 Å². The summed E-state index contributed by atoms with van der Waals surface area (Å²) in [5.74, 6) is -3.94. The molecule has 1 aliphatic carbocycles. The Hall–Kier alpha value is -2.39. The van der Waals surface area contributed by atoms with E-state index >= 15 is 4.39 Å².